The number of aryl methyl sites for hydroxylation is 2. The zero-order valence-corrected chi connectivity index (χ0v) is 25.2. The monoisotopic (exact) mass is 642 g/mol. The van der Waals surface area contributed by atoms with Gasteiger partial charge >= 0.3 is 6.29 Å². The van der Waals surface area contributed by atoms with Gasteiger partial charge in [-0.2, -0.15) is 5.10 Å². The highest BCUT2D eigenvalue weighted by molar-refractivity contribution is 7.90. The van der Waals surface area contributed by atoms with Gasteiger partial charge in [0.25, 0.3) is 0 Å². The van der Waals surface area contributed by atoms with Gasteiger partial charge in [-0.25, -0.2) is 17.8 Å². The standard InChI is InChI=1S/C31H26F3N3O7S/c1-15(39)24-13-25(37(3)36-24)20-7-5-17(19-10-23(32)22(14-38)28(12-19)45(4,40)41)9-21(20)30-29(35-16(2)42-30)18-6-8-26-27(11-18)44-31(33,34)43-26/h5-13,15,38-39H,14H2,1-4H3/p+1. The number of rotatable bonds is 7. The van der Waals surface area contributed by atoms with Crippen LogP contribution in [-0.4, -0.2) is 45.9 Å². The van der Waals surface area contributed by atoms with Gasteiger partial charge in [-0.15, -0.1) is 8.78 Å². The predicted octanol–water partition coefficient (Wildman–Crippen LogP) is 5.53. The third-order valence-electron chi connectivity index (χ3n) is 7.34. The van der Waals surface area contributed by atoms with Gasteiger partial charge in [0.15, 0.2) is 39.1 Å². The molecule has 0 amide bonds. The molecule has 6 rings (SSSR count). The molecule has 10 nitrogen and oxygen atoms in total. The topological polar surface area (TPSA) is 140 Å². The number of aliphatic hydroxyl groups is 1. The fourth-order valence-corrected chi connectivity index (χ4v) is 6.20. The Morgan fingerprint density at radius 3 is 2.38 bits per heavy atom. The second-order valence-corrected chi connectivity index (χ2v) is 12.6. The summed E-state index contributed by atoms with van der Waals surface area (Å²) in [6.07, 6.45) is -3.51. The minimum Gasteiger partial charge on any atom is -0.440 e. The second-order valence-electron chi connectivity index (χ2n) is 10.7. The van der Waals surface area contributed by atoms with E-state index in [-0.39, 0.29) is 44.9 Å². The fraction of sp³-hybridized carbons (Fsp3) is 0.226. The number of hydrogen-bond donors (Lipinski definition) is 1. The van der Waals surface area contributed by atoms with Gasteiger partial charge < -0.3 is 24.1 Å². The van der Waals surface area contributed by atoms with E-state index in [1.807, 2.05) is 0 Å². The Balaban J connectivity index is 1.59. The molecule has 3 heterocycles. The number of alkyl halides is 2. The van der Waals surface area contributed by atoms with Crippen molar-refractivity contribution in [2.75, 3.05) is 6.26 Å². The molecule has 3 aromatic carbocycles. The summed E-state index contributed by atoms with van der Waals surface area (Å²) in [4.78, 5) is 4.18. The molecule has 5 aromatic rings. The normalized spacial score (nSPS) is 14.6. The number of aliphatic hydroxyl groups excluding tert-OH is 1. The smallest absolute Gasteiger partial charge is 0.440 e. The lowest BCUT2D eigenvalue weighted by Crippen LogP contribution is -2.25. The van der Waals surface area contributed by atoms with Gasteiger partial charge in [0.05, 0.1) is 17.2 Å². The minimum atomic E-state index is -3.91. The number of benzene rings is 3. The van der Waals surface area contributed by atoms with Crippen molar-refractivity contribution in [3.05, 3.63) is 77.6 Å². The summed E-state index contributed by atoms with van der Waals surface area (Å²) in [7, 11) is -2.20. The van der Waals surface area contributed by atoms with Crippen molar-refractivity contribution in [2.45, 2.75) is 37.7 Å². The second kappa shape index (κ2) is 10.8. The number of oxazole rings is 1. The lowest BCUT2D eigenvalue weighted by atomic mass is 9.93. The average molecular weight is 643 g/mol. The van der Waals surface area contributed by atoms with Gasteiger partial charge in [0.2, 0.25) is 0 Å². The van der Waals surface area contributed by atoms with Gasteiger partial charge in [-0.1, -0.05) is 12.1 Å². The van der Waals surface area contributed by atoms with Gasteiger partial charge in [-0.3, -0.25) is 4.68 Å². The Morgan fingerprint density at radius 2 is 1.71 bits per heavy atom. The number of nitrogens with zero attached hydrogens (tertiary/aromatic N) is 3. The van der Waals surface area contributed by atoms with E-state index in [9.17, 15) is 22.3 Å². The maximum absolute atomic E-state index is 15.1. The molecule has 2 aromatic heterocycles. The number of fused-ring (bicyclic) bond motifs is 1. The summed E-state index contributed by atoms with van der Waals surface area (Å²) in [6, 6.07) is 13.4. The molecule has 1 atom stereocenters. The highest BCUT2D eigenvalue weighted by atomic mass is 32.2. The third kappa shape index (κ3) is 5.56. The maximum Gasteiger partial charge on any atom is 0.586 e. The minimum absolute atomic E-state index is 0.143. The van der Waals surface area contributed by atoms with E-state index < -0.39 is 34.7 Å². The molecular weight excluding hydrogens is 615 g/mol. The summed E-state index contributed by atoms with van der Waals surface area (Å²) in [5.41, 5.74) is 3.07. The van der Waals surface area contributed by atoms with Crippen LogP contribution in [0, 0.1) is 12.7 Å². The van der Waals surface area contributed by atoms with E-state index in [2.05, 4.69) is 19.6 Å². The first-order chi connectivity index (χ1) is 21.1. The van der Waals surface area contributed by atoms with Crippen LogP contribution >= 0.6 is 0 Å². The molecule has 0 fully saturated rings. The van der Waals surface area contributed by atoms with Crippen molar-refractivity contribution in [3.63, 3.8) is 0 Å². The quantitative estimate of drug-likeness (QED) is 0.229. The Labute approximate surface area is 255 Å². The largest absolute Gasteiger partial charge is 0.586 e. The first-order valence-electron chi connectivity index (χ1n) is 13.6. The van der Waals surface area contributed by atoms with E-state index >= 15 is 4.39 Å². The fourth-order valence-electron chi connectivity index (χ4n) is 5.25. The molecule has 0 saturated heterocycles. The van der Waals surface area contributed by atoms with Gasteiger partial charge in [0.1, 0.15) is 17.2 Å². The molecule has 3 N–H and O–H groups in total. The molecule has 1 unspecified atom stereocenters. The zero-order valence-electron chi connectivity index (χ0n) is 24.4. The Kier molecular flexibility index (Phi) is 7.26. The molecule has 1 aliphatic heterocycles. The maximum atomic E-state index is 15.1. The Bertz CT molecular complexity index is 2090. The summed E-state index contributed by atoms with van der Waals surface area (Å²) in [5.74, 6) is -0.744. The van der Waals surface area contributed by atoms with E-state index in [1.54, 1.807) is 49.8 Å². The van der Waals surface area contributed by atoms with Crippen LogP contribution in [0.5, 0.6) is 11.5 Å². The predicted molar refractivity (Wildman–Crippen MR) is 157 cm³/mol. The molecule has 14 heteroatoms. The van der Waals surface area contributed by atoms with Crippen LogP contribution in [0.2, 0.25) is 0 Å². The third-order valence-corrected chi connectivity index (χ3v) is 8.50. The van der Waals surface area contributed by atoms with Crippen molar-refractivity contribution in [3.8, 4) is 56.5 Å². The van der Waals surface area contributed by atoms with Crippen LogP contribution in [0.1, 0.15) is 30.2 Å². The van der Waals surface area contributed by atoms with Crippen molar-refractivity contribution < 1.29 is 45.7 Å². The Hall–Kier alpha value is -4.66. The average Bonchev–Trinajstić information content (AvgIpc) is 3.64. The molecule has 0 bridgehead atoms. The van der Waals surface area contributed by atoms with Crippen molar-refractivity contribution in [2.24, 2.45) is 7.05 Å². The number of sulfone groups is 1. The summed E-state index contributed by atoms with van der Waals surface area (Å²) >= 11 is 0. The molecule has 45 heavy (non-hydrogen) atoms. The molecule has 1 aliphatic rings. The SMILES string of the molecule is Cc1nc(-c2ccc3c(c2)OC(F)(F)O3)c(-c2cc(-c3cc(F)c(CO)c(S(C)(=O)=O)c3)ccc2-c2cc(C(C)[OH2+])nn2C)o1. The van der Waals surface area contributed by atoms with Crippen LogP contribution in [0.25, 0.3) is 45.0 Å². The van der Waals surface area contributed by atoms with E-state index in [0.717, 1.165) is 12.3 Å². The molecule has 0 radical (unpaired) electrons. The van der Waals surface area contributed by atoms with E-state index in [0.29, 0.717) is 33.6 Å². The first-order valence-corrected chi connectivity index (χ1v) is 15.5. The molecule has 0 spiro atoms. The number of halogens is 3. The molecule has 0 aliphatic carbocycles. The number of ether oxygens (including phenoxy) is 2. The van der Waals surface area contributed by atoms with Crippen LogP contribution in [0.3, 0.4) is 0 Å². The number of hydrogen-bond acceptors (Lipinski definition) is 8. The van der Waals surface area contributed by atoms with Gasteiger partial charge in [-0.05, 0) is 53.6 Å². The van der Waals surface area contributed by atoms with Crippen LogP contribution in [0.4, 0.5) is 13.2 Å². The van der Waals surface area contributed by atoms with Crippen LogP contribution in [-0.2, 0) is 23.5 Å². The van der Waals surface area contributed by atoms with Crippen molar-refractivity contribution in [1.29, 1.82) is 0 Å². The molecular formula is C31H27F3N3O7S+. The molecule has 234 valence electrons. The highest BCUT2D eigenvalue weighted by Gasteiger charge is 2.43. The van der Waals surface area contributed by atoms with E-state index in [1.165, 1.54) is 24.3 Å². The molecule has 0 saturated carbocycles. The van der Waals surface area contributed by atoms with E-state index in [4.69, 9.17) is 9.52 Å². The van der Waals surface area contributed by atoms with Crippen molar-refractivity contribution >= 4 is 9.84 Å². The summed E-state index contributed by atoms with van der Waals surface area (Å²) in [5, 5.41) is 22.3. The van der Waals surface area contributed by atoms with Gasteiger partial charge in [0, 0.05) is 49.4 Å². The van der Waals surface area contributed by atoms with Crippen LogP contribution in [0.15, 0.2) is 63.9 Å². The summed E-state index contributed by atoms with van der Waals surface area (Å²) < 4.78 is 84.5. The Morgan fingerprint density at radius 1 is 1.00 bits per heavy atom. The summed E-state index contributed by atoms with van der Waals surface area (Å²) in [6.45, 7) is 2.49. The van der Waals surface area contributed by atoms with Crippen LogP contribution < -0.4 is 9.47 Å². The first kappa shape index (κ1) is 30.4. The lowest BCUT2D eigenvalue weighted by Gasteiger charge is -2.14. The van der Waals surface area contributed by atoms with Crippen molar-refractivity contribution in [1.82, 2.24) is 14.8 Å². The number of aromatic nitrogens is 3. The zero-order chi connectivity index (χ0) is 32.4. The highest BCUT2D eigenvalue weighted by Crippen LogP contribution is 2.46. The lowest BCUT2D eigenvalue weighted by molar-refractivity contribution is -0.286.